The van der Waals surface area contributed by atoms with Crippen LogP contribution in [0.3, 0.4) is 0 Å². The minimum Gasteiger partial charge on any atom is -0.449 e. The first-order valence-corrected chi connectivity index (χ1v) is 10.5. The predicted molar refractivity (Wildman–Crippen MR) is 123 cm³/mol. The number of amides is 1. The molecule has 0 fully saturated rings. The number of nitrogens with zero attached hydrogens (tertiary/aromatic N) is 3. The Morgan fingerprint density at radius 2 is 2.06 bits per heavy atom. The topological polar surface area (TPSA) is 85.7 Å². The van der Waals surface area contributed by atoms with Crippen molar-refractivity contribution < 1.29 is 19.1 Å². The lowest BCUT2D eigenvalue weighted by atomic mass is 9.83. The molecule has 0 aliphatic carbocycles. The summed E-state index contributed by atoms with van der Waals surface area (Å²) < 4.78 is 12.5. The maximum atomic E-state index is 12.9. The van der Waals surface area contributed by atoms with Gasteiger partial charge < -0.3 is 14.8 Å². The van der Waals surface area contributed by atoms with Crippen molar-refractivity contribution in [2.75, 3.05) is 25.1 Å². The number of fused-ring (bicyclic) bond motifs is 3. The van der Waals surface area contributed by atoms with Gasteiger partial charge in [0.1, 0.15) is 11.6 Å². The van der Waals surface area contributed by atoms with E-state index in [1.807, 2.05) is 18.3 Å². The van der Waals surface area contributed by atoms with Crippen LogP contribution in [0, 0.1) is 0 Å². The second-order valence-corrected chi connectivity index (χ2v) is 8.19. The number of hydrogen-bond acceptors (Lipinski definition) is 6. The van der Waals surface area contributed by atoms with Gasteiger partial charge in [0.15, 0.2) is 0 Å². The quantitative estimate of drug-likeness (QED) is 0.652. The van der Waals surface area contributed by atoms with E-state index in [4.69, 9.17) is 9.47 Å². The molecule has 32 heavy (non-hydrogen) atoms. The van der Waals surface area contributed by atoms with Crippen molar-refractivity contribution in [2.45, 2.75) is 26.2 Å². The molecule has 1 N–H and O–H groups in total. The average Bonchev–Trinajstić information content (AvgIpc) is 3.02. The molecule has 0 saturated carbocycles. The minimum atomic E-state index is -0.580. The molecule has 4 rings (SSSR count). The number of benzene rings is 1. The Kier molecular flexibility index (Phi) is 5.61. The largest absolute Gasteiger partial charge is 0.449 e. The fourth-order valence-electron chi connectivity index (χ4n) is 3.96. The van der Waals surface area contributed by atoms with E-state index >= 15 is 0 Å². The Labute approximate surface area is 186 Å². The number of carbonyl (C=O) groups excluding carboxylic acids is 2. The average molecular weight is 434 g/mol. The number of anilines is 1. The molecule has 0 atom stereocenters. The standard InChI is InChI=1S/C24H26N4O4/c1-5-31-23(30)28-18-11-13-25-15-24(2,3)21(18)17-10-9-16(14-19(17)28)32-22(29)27(4)20-8-6-7-12-26-20/h6-14,25H,5,15H2,1-4H3. The van der Waals surface area contributed by atoms with Crippen LogP contribution < -0.4 is 15.0 Å². The van der Waals surface area contributed by atoms with Gasteiger partial charge in [-0.2, -0.15) is 0 Å². The first-order valence-electron chi connectivity index (χ1n) is 10.5. The first kappa shape index (κ1) is 21.4. The zero-order valence-electron chi connectivity index (χ0n) is 18.6. The van der Waals surface area contributed by atoms with E-state index in [0.717, 1.165) is 16.6 Å². The lowest BCUT2D eigenvalue weighted by Gasteiger charge is -2.24. The molecule has 0 bridgehead atoms. The summed E-state index contributed by atoms with van der Waals surface area (Å²) in [6.45, 7) is 6.98. The summed E-state index contributed by atoms with van der Waals surface area (Å²) in [5.41, 5.74) is 2.17. The molecular weight excluding hydrogens is 408 g/mol. The molecule has 1 aromatic carbocycles. The van der Waals surface area contributed by atoms with Crippen molar-refractivity contribution in [3.05, 3.63) is 60.1 Å². The highest BCUT2D eigenvalue weighted by Gasteiger charge is 2.32. The maximum absolute atomic E-state index is 12.9. The van der Waals surface area contributed by atoms with Crippen LogP contribution in [0.25, 0.3) is 17.0 Å². The Balaban J connectivity index is 1.79. The van der Waals surface area contributed by atoms with Crippen LogP contribution in [-0.2, 0) is 10.2 Å². The molecule has 1 amide bonds. The molecule has 8 heteroatoms. The monoisotopic (exact) mass is 434 g/mol. The summed E-state index contributed by atoms with van der Waals surface area (Å²) in [6, 6.07) is 10.6. The van der Waals surface area contributed by atoms with Crippen LogP contribution >= 0.6 is 0 Å². The number of carbonyl (C=O) groups is 2. The van der Waals surface area contributed by atoms with Gasteiger partial charge >= 0.3 is 12.2 Å². The van der Waals surface area contributed by atoms with Crippen LogP contribution in [0.5, 0.6) is 5.75 Å². The number of pyridine rings is 1. The van der Waals surface area contributed by atoms with Gasteiger partial charge in [-0.25, -0.2) is 19.1 Å². The van der Waals surface area contributed by atoms with E-state index in [9.17, 15) is 9.59 Å². The number of ether oxygens (including phenoxy) is 2. The smallest absolute Gasteiger partial charge is 0.420 e. The Hall–Kier alpha value is -3.81. The van der Waals surface area contributed by atoms with Crippen molar-refractivity contribution in [3.63, 3.8) is 0 Å². The molecule has 1 aliphatic rings. The summed E-state index contributed by atoms with van der Waals surface area (Å²) in [7, 11) is 1.59. The molecule has 0 spiro atoms. The van der Waals surface area contributed by atoms with Gasteiger partial charge in [0.2, 0.25) is 0 Å². The van der Waals surface area contributed by atoms with E-state index in [-0.39, 0.29) is 12.0 Å². The zero-order chi connectivity index (χ0) is 22.9. The third kappa shape index (κ3) is 3.79. The van der Waals surface area contributed by atoms with E-state index < -0.39 is 12.2 Å². The summed E-state index contributed by atoms with van der Waals surface area (Å²) in [5.74, 6) is 0.794. The molecule has 0 saturated heterocycles. The minimum absolute atomic E-state index is 0.244. The highest BCUT2D eigenvalue weighted by Crippen LogP contribution is 2.39. The molecule has 8 nitrogen and oxygen atoms in total. The van der Waals surface area contributed by atoms with E-state index in [1.165, 1.54) is 4.90 Å². The van der Waals surface area contributed by atoms with Crippen LogP contribution in [-0.4, -0.2) is 41.9 Å². The van der Waals surface area contributed by atoms with Gasteiger partial charge in [-0.05, 0) is 49.0 Å². The van der Waals surface area contributed by atoms with Gasteiger partial charge in [0, 0.05) is 36.7 Å². The summed E-state index contributed by atoms with van der Waals surface area (Å²) >= 11 is 0. The Morgan fingerprint density at radius 3 is 2.78 bits per heavy atom. The molecular formula is C24H26N4O4. The van der Waals surface area contributed by atoms with Crippen LogP contribution in [0.4, 0.5) is 15.4 Å². The van der Waals surface area contributed by atoms with Crippen molar-refractivity contribution in [2.24, 2.45) is 0 Å². The van der Waals surface area contributed by atoms with Gasteiger partial charge in [-0.15, -0.1) is 0 Å². The normalized spacial score (nSPS) is 14.2. The molecule has 1 aliphatic heterocycles. The first-order chi connectivity index (χ1) is 15.3. The van der Waals surface area contributed by atoms with Crippen molar-refractivity contribution in [1.82, 2.24) is 14.9 Å². The summed E-state index contributed by atoms with van der Waals surface area (Å²) in [5, 5.41) is 4.18. The van der Waals surface area contributed by atoms with Crippen LogP contribution in [0.15, 0.2) is 48.8 Å². The lowest BCUT2D eigenvalue weighted by molar-refractivity contribution is 0.155. The third-order valence-corrected chi connectivity index (χ3v) is 5.48. The SMILES string of the molecule is CCOC(=O)n1c2c(c3ccc(OC(=O)N(C)c4ccccn4)cc31)C(C)(C)CNC=C2. The lowest BCUT2D eigenvalue weighted by Crippen LogP contribution is -2.30. The fourth-order valence-corrected chi connectivity index (χ4v) is 3.96. The van der Waals surface area contributed by atoms with E-state index in [2.05, 4.69) is 24.1 Å². The highest BCUT2D eigenvalue weighted by molar-refractivity contribution is 5.98. The van der Waals surface area contributed by atoms with Crippen molar-refractivity contribution >= 4 is 35.0 Å². The number of nitrogens with one attached hydrogen (secondary N) is 1. The summed E-state index contributed by atoms with van der Waals surface area (Å²) in [6.07, 6.45) is 4.26. The fraction of sp³-hybridized carbons (Fsp3) is 0.292. The van der Waals surface area contributed by atoms with Gasteiger partial charge in [0.05, 0.1) is 17.8 Å². The molecule has 3 aromatic rings. The van der Waals surface area contributed by atoms with Gasteiger partial charge in [0.25, 0.3) is 0 Å². The molecule has 3 heterocycles. The van der Waals surface area contributed by atoms with Crippen LogP contribution in [0.2, 0.25) is 0 Å². The Morgan fingerprint density at radius 1 is 1.25 bits per heavy atom. The second kappa shape index (κ2) is 8.37. The highest BCUT2D eigenvalue weighted by atomic mass is 16.6. The number of rotatable bonds is 3. The second-order valence-electron chi connectivity index (χ2n) is 8.19. The predicted octanol–water partition coefficient (Wildman–Crippen LogP) is 4.53. The Bertz CT molecular complexity index is 1200. The molecule has 0 unspecified atom stereocenters. The molecule has 0 radical (unpaired) electrons. The third-order valence-electron chi connectivity index (χ3n) is 5.48. The van der Waals surface area contributed by atoms with Gasteiger partial charge in [-0.3, -0.25) is 4.90 Å². The van der Waals surface area contributed by atoms with Crippen molar-refractivity contribution in [3.8, 4) is 5.75 Å². The number of aromatic nitrogens is 2. The van der Waals surface area contributed by atoms with E-state index in [1.54, 1.807) is 55.1 Å². The maximum Gasteiger partial charge on any atom is 0.420 e. The van der Waals surface area contributed by atoms with Crippen molar-refractivity contribution in [1.29, 1.82) is 0 Å². The molecule has 2 aromatic heterocycles. The van der Waals surface area contributed by atoms with Gasteiger partial charge in [-0.1, -0.05) is 19.9 Å². The van der Waals surface area contributed by atoms with Crippen LogP contribution in [0.1, 0.15) is 32.0 Å². The summed E-state index contributed by atoms with van der Waals surface area (Å²) in [4.78, 5) is 31.0. The number of hydrogen-bond donors (Lipinski definition) is 1. The zero-order valence-corrected chi connectivity index (χ0v) is 18.6. The molecule has 166 valence electrons. The van der Waals surface area contributed by atoms with E-state index in [0.29, 0.717) is 23.6 Å².